The number of hydrogen-bond donors (Lipinski definition) is 1. The zero-order valence-corrected chi connectivity index (χ0v) is 12.1. The number of nitrogen functional groups attached to an aromatic ring is 1. The van der Waals surface area contributed by atoms with Crippen molar-refractivity contribution in [2.75, 3.05) is 5.73 Å². The van der Waals surface area contributed by atoms with E-state index in [2.05, 4.69) is 6.92 Å². The number of hydrogen-bond acceptors (Lipinski definition) is 2. The molecule has 0 heterocycles. The van der Waals surface area contributed by atoms with Crippen LogP contribution in [0.4, 0.5) is 5.69 Å². The molecule has 0 aliphatic carbocycles. The molecule has 0 radical (unpaired) electrons. The van der Waals surface area contributed by atoms with Crippen LogP contribution in [0.25, 0.3) is 0 Å². The molecule has 2 aromatic carbocycles. The second-order valence-electron chi connectivity index (χ2n) is 4.26. The van der Waals surface area contributed by atoms with Crippen molar-refractivity contribution >= 4 is 28.9 Å². The van der Waals surface area contributed by atoms with E-state index in [1.807, 2.05) is 24.3 Å². The molecule has 0 saturated heterocycles. The van der Waals surface area contributed by atoms with Crippen LogP contribution in [0.5, 0.6) is 5.75 Å². The highest BCUT2D eigenvalue weighted by atomic mass is 35.5. The molecule has 0 aliphatic heterocycles. The topological polar surface area (TPSA) is 35.2 Å². The van der Waals surface area contributed by atoms with Gasteiger partial charge in [-0.2, -0.15) is 0 Å². The van der Waals surface area contributed by atoms with Crippen molar-refractivity contribution < 1.29 is 4.74 Å². The molecule has 0 aromatic heterocycles. The van der Waals surface area contributed by atoms with E-state index in [9.17, 15) is 0 Å². The van der Waals surface area contributed by atoms with E-state index >= 15 is 0 Å². The Bertz CT molecular complexity index is 584. The average molecular weight is 296 g/mol. The van der Waals surface area contributed by atoms with E-state index in [-0.39, 0.29) is 0 Å². The van der Waals surface area contributed by atoms with Gasteiger partial charge in [0, 0.05) is 0 Å². The summed E-state index contributed by atoms with van der Waals surface area (Å²) in [5.41, 5.74) is 8.74. The van der Waals surface area contributed by atoms with Crippen LogP contribution < -0.4 is 10.5 Å². The molecule has 0 saturated carbocycles. The van der Waals surface area contributed by atoms with Crippen LogP contribution in [0.3, 0.4) is 0 Å². The quantitative estimate of drug-likeness (QED) is 0.829. The molecular weight excluding hydrogens is 281 g/mol. The Morgan fingerprint density at radius 3 is 2.37 bits per heavy atom. The summed E-state index contributed by atoms with van der Waals surface area (Å²) in [6, 6.07) is 11.3. The van der Waals surface area contributed by atoms with Crippen molar-refractivity contribution in [2.24, 2.45) is 0 Å². The highest BCUT2D eigenvalue weighted by Crippen LogP contribution is 2.26. The molecule has 0 unspecified atom stereocenters. The van der Waals surface area contributed by atoms with Gasteiger partial charge in [-0.1, -0.05) is 42.3 Å². The van der Waals surface area contributed by atoms with Gasteiger partial charge in [0.2, 0.25) is 0 Å². The Morgan fingerprint density at radius 2 is 1.74 bits per heavy atom. The minimum absolute atomic E-state index is 0.409. The lowest BCUT2D eigenvalue weighted by Crippen LogP contribution is -1.99. The number of benzene rings is 2. The summed E-state index contributed by atoms with van der Waals surface area (Å²) in [5.74, 6) is 0.684. The van der Waals surface area contributed by atoms with Gasteiger partial charge < -0.3 is 10.5 Å². The first-order valence-electron chi connectivity index (χ1n) is 6.05. The van der Waals surface area contributed by atoms with Gasteiger partial charge in [-0.3, -0.25) is 0 Å². The lowest BCUT2D eigenvalue weighted by Gasteiger charge is -2.10. The zero-order chi connectivity index (χ0) is 13.8. The Labute approximate surface area is 123 Å². The largest absolute Gasteiger partial charge is 0.487 e. The summed E-state index contributed by atoms with van der Waals surface area (Å²) < 4.78 is 5.69. The molecule has 19 heavy (non-hydrogen) atoms. The fourth-order valence-electron chi connectivity index (χ4n) is 1.74. The first kappa shape index (κ1) is 14.0. The van der Waals surface area contributed by atoms with Gasteiger partial charge in [-0.15, -0.1) is 0 Å². The summed E-state index contributed by atoms with van der Waals surface area (Å²) in [7, 11) is 0. The van der Waals surface area contributed by atoms with Crippen LogP contribution in [-0.4, -0.2) is 0 Å². The number of aryl methyl sites for hydroxylation is 1. The third kappa shape index (κ3) is 3.55. The molecule has 2 aromatic rings. The van der Waals surface area contributed by atoms with Crippen molar-refractivity contribution in [3.63, 3.8) is 0 Å². The van der Waals surface area contributed by atoms with E-state index in [0.29, 0.717) is 28.1 Å². The molecule has 0 fully saturated rings. The van der Waals surface area contributed by atoms with Crippen LogP contribution in [-0.2, 0) is 13.0 Å². The van der Waals surface area contributed by atoms with Crippen LogP contribution in [0.1, 0.15) is 18.1 Å². The second kappa shape index (κ2) is 6.18. The van der Waals surface area contributed by atoms with Crippen LogP contribution in [0.2, 0.25) is 10.0 Å². The number of rotatable bonds is 4. The Morgan fingerprint density at radius 1 is 1.00 bits per heavy atom. The van der Waals surface area contributed by atoms with E-state index < -0.39 is 0 Å². The monoisotopic (exact) mass is 295 g/mol. The number of halogens is 2. The molecule has 0 aliphatic rings. The Balaban J connectivity index is 2.07. The number of ether oxygens (including phenoxy) is 1. The molecule has 2 N–H and O–H groups in total. The Kier molecular flexibility index (Phi) is 4.56. The Hall–Kier alpha value is -1.38. The molecule has 2 nitrogen and oxygen atoms in total. The normalized spacial score (nSPS) is 10.5. The minimum atomic E-state index is 0.409. The third-order valence-electron chi connectivity index (χ3n) is 2.86. The summed E-state index contributed by atoms with van der Waals surface area (Å²) in [6.07, 6.45) is 0.956. The van der Waals surface area contributed by atoms with Gasteiger partial charge in [0.05, 0.1) is 15.7 Å². The molecule has 100 valence electrons. The number of anilines is 1. The maximum atomic E-state index is 5.95. The van der Waals surface area contributed by atoms with Gasteiger partial charge in [-0.25, -0.2) is 0 Å². The molecule has 0 bridgehead atoms. The molecular formula is C15H15Cl2NO. The van der Waals surface area contributed by atoms with Gasteiger partial charge in [-0.05, 0) is 41.8 Å². The second-order valence-corrected chi connectivity index (χ2v) is 5.08. The van der Waals surface area contributed by atoms with Crippen LogP contribution in [0.15, 0.2) is 36.4 Å². The van der Waals surface area contributed by atoms with Crippen molar-refractivity contribution in [1.29, 1.82) is 0 Å². The SMILES string of the molecule is CCc1ccc(OCc2ccc(Cl)c(Cl)c2)c(N)c1. The third-order valence-corrected chi connectivity index (χ3v) is 3.60. The van der Waals surface area contributed by atoms with Gasteiger partial charge in [0.15, 0.2) is 0 Å². The van der Waals surface area contributed by atoms with E-state index in [1.54, 1.807) is 12.1 Å². The number of nitrogens with two attached hydrogens (primary N) is 1. The zero-order valence-electron chi connectivity index (χ0n) is 10.6. The van der Waals surface area contributed by atoms with Crippen molar-refractivity contribution in [1.82, 2.24) is 0 Å². The summed E-state index contributed by atoms with van der Waals surface area (Å²) in [6.45, 7) is 2.50. The lowest BCUT2D eigenvalue weighted by atomic mass is 10.1. The van der Waals surface area contributed by atoms with Gasteiger partial charge >= 0.3 is 0 Å². The van der Waals surface area contributed by atoms with Crippen molar-refractivity contribution in [2.45, 2.75) is 20.0 Å². The fourth-order valence-corrected chi connectivity index (χ4v) is 2.06. The molecule has 4 heteroatoms. The maximum absolute atomic E-state index is 5.95. The van der Waals surface area contributed by atoms with Crippen LogP contribution in [0, 0.1) is 0 Å². The van der Waals surface area contributed by atoms with Crippen molar-refractivity contribution in [3.8, 4) is 5.75 Å². The molecule has 0 amide bonds. The minimum Gasteiger partial charge on any atom is -0.487 e. The van der Waals surface area contributed by atoms with E-state index in [1.165, 1.54) is 5.56 Å². The molecule has 0 spiro atoms. The predicted molar refractivity (Wildman–Crippen MR) is 81.0 cm³/mol. The van der Waals surface area contributed by atoms with E-state index in [4.69, 9.17) is 33.7 Å². The van der Waals surface area contributed by atoms with E-state index in [0.717, 1.165) is 12.0 Å². The lowest BCUT2D eigenvalue weighted by molar-refractivity contribution is 0.308. The molecule has 2 rings (SSSR count). The summed E-state index contributed by atoms with van der Waals surface area (Å²) in [5, 5.41) is 1.06. The first-order chi connectivity index (χ1) is 9.10. The van der Waals surface area contributed by atoms with Crippen LogP contribution >= 0.6 is 23.2 Å². The average Bonchev–Trinajstić information content (AvgIpc) is 2.41. The smallest absolute Gasteiger partial charge is 0.142 e. The van der Waals surface area contributed by atoms with Gasteiger partial charge in [0.25, 0.3) is 0 Å². The van der Waals surface area contributed by atoms with Gasteiger partial charge in [0.1, 0.15) is 12.4 Å². The molecule has 0 atom stereocenters. The highest BCUT2D eigenvalue weighted by molar-refractivity contribution is 6.42. The fraction of sp³-hybridized carbons (Fsp3) is 0.200. The maximum Gasteiger partial charge on any atom is 0.142 e. The first-order valence-corrected chi connectivity index (χ1v) is 6.81. The predicted octanol–water partition coefficient (Wildman–Crippen LogP) is 4.72. The van der Waals surface area contributed by atoms with Crippen molar-refractivity contribution in [3.05, 3.63) is 57.6 Å². The summed E-state index contributed by atoms with van der Waals surface area (Å²) in [4.78, 5) is 0. The highest BCUT2D eigenvalue weighted by Gasteiger charge is 2.04. The standard InChI is InChI=1S/C15H15Cl2NO/c1-2-10-4-6-15(14(18)8-10)19-9-11-3-5-12(16)13(17)7-11/h3-8H,2,9,18H2,1H3. The summed E-state index contributed by atoms with van der Waals surface area (Å²) >= 11 is 11.8.